The van der Waals surface area contributed by atoms with Crippen LogP contribution in [0.25, 0.3) is 0 Å². The molecular weight excluding hydrogens is 290 g/mol. The van der Waals surface area contributed by atoms with Crippen LogP contribution in [0.2, 0.25) is 0 Å². The molecule has 0 saturated heterocycles. The van der Waals surface area contributed by atoms with Gasteiger partial charge >= 0.3 is 5.97 Å². The average molecular weight is 309 g/mol. The number of rotatable bonds is 4. The normalized spacial score (nSPS) is 13.0. The number of esters is 1. The highest BCUT2D eigenvalue weighted by molar-refractivity contribution is 5.88. The van der Waals surface area contributed by atoms with Gasteiger partial charge in [0.2, 0.25) is 5.76 Å². The molecule has 1 heterocycles. The number of benzene rings is 2. The Bertz CT molecular complexity index is 738. The summed E-state index contributed by atoms with van der Waals surface area (Å²) in [5, 5.41) is 0. The second-order valence-electron chi connectivity index (χ2n) is 5.49. The SMILES string of the molecule is COC(=O)C1=CN(CCc2ccccc2)c2cc(C)ccc2O1. The summed E-state index contributed by atoms with van der Waals surface area (Å²) < 4.78 is 10.4. The number of ether oxygens (including phenoxy) is 2. The van der Waals surface area contributed by atoms with Crippen molar-refractivity contribution in [3.05, 3.63) is 71.6 Å². The molecule has 0 aromatic heterocycles. The lowest BCUT2D eigenvalue weighted by atomic mass is 10.1. The third-order valence-corrected chi connectivity index (χ3v) is 3.79. The first kappa shape index (κ1) is 15.2. The van der Waals surface area contributed by atoms with Crippen molar-refractivity contribution in [3.8, 4) is 5.75 Å². The molecule has 4 heteroatoms. The van der Waals surface area contributed by atoms with E-state index in [2.05, 4.69) is 18.2 Å². The molecule has 0 atom stereocenters. The van der Waals surface area contributed by atoms with Gasteiger partial charge in [-0.1, -0.05) is 36.4 Å². The minimum absolute atomic E-state index is 0.205. The monoisotopic (exact) mass is 309 g/mol. The highest BCUT2D eigenvalue weighted by Crippen LogP contribution is 2.35. The molecule has 0 saturated carbocycles. The van der Waals surface area contributed by atoms with Crippen molar-refractivity contribution in [1.82, 2.24) is 0 Å². The summed E-state index contributed by atoms with van der Waals surface area (Å²) in [5.41, 5.74) is 3.36. The Labute approximate surface area is 135 Å². The average Bonchev–Trinajstić information content (AvgIpc) is 2.59. The van der Waals surface area contributed by atoms with Crippen LogP contribution in [0.5, 0.6) is 5.75 Å². The first-order chi connectivity index (χ1) is 11.2. The van der Waals surface area contributed by atoms with Crippen molar-refractivity contribution in [2.24, 2.45) is 0 Å². The van der Waals surface area contributed by atoms with E-state index in [-0.39, 0.29) is 5.76 Å². The van der Waals surface area contributed by atoms with Crippen molar-refractivity contribution in [3.63, 3.8) is 0 Å². The van der Waals surface area contributed by atoms with E-state index in [1.54, 1.807) is 6.20 Å². The van der Waals surface area contributed by atoms with Gasteiger partial charge < -0.3 is 14.4 Å². The summed E-state index contributed by atoms with van der Waals surface area (Å²) >= 11 is 0. The Morgan fingerprint density at radius 3 is 2.70 bits per heavy atom. The minimum Gasteiger partial charge on any atom is -0.463 e. The molecule has 0 fully saturated rings. The Hall–Kier alpha value is -2.75. The molecule has 3 rings (SSSR count). The number of hydrogen-bond acceptors (Lipinski definition) is 4. The molecule has 0 radical (unpaired) electrons. The lowest BCUT2D eigenvalue weighted by Gasteiger charge is -2.28. The van der Waals surface area contributed by atoms with Crippen LogP contribution in [0.3, 0.4) is 0 Å². The van der Waals surface area contributed by atoms with E-state index in [1.807, 2.05) is 42.2 Å². The van der Waals surface area contributed by atoms with Crippen LogP contribution in [0.1, 0.15) is 11.1 Å². The number of methoxy groups -OCH3 is 1. The number of fused-ring (bicyclic) bond motifs is 1. The predicted octanol–water partition coefficient (Wildman–Crippen LogP) is 3.45. The third-order valence-electron chi connectivity index (χ3n) is 3.79. The Balaban J connectivity index is 1.87. The van der Waals surface area contributed by atoms with E-state index in [0.717, 1.165) is 24.2 Å². The van der Waals surface area contributed by atoms with E-state index in [4.69, 9.17) is 9.47 Å². The lowest BCUT2D eigenvalue weighted by Crippen LogP contribution is -2.27. The number of aryl methyl sites for hydroxylation is 1. The highest BCUT2D eigenvalue weighted by atomic mass is 16.6. The number of hydrogen-bond donors (Lipinski definition) is 0. The molecule has 0 aliphatic carbocycles. The Kier molecular flexibility index (Phi) is 4.33. The number of nitrogens with zero attached hydrogens (tertiary/aromatic N) is 1. The molecule has 0 N–H and O–H groups in total. The van der Waals surface area contributed by atoms with Crippen molar-refractivity contribution in [2.45, 2.75) is 13.3 Å². The van der Waals surface area contributed by atoms with Crippen LogP contribution >= 0.6 is 0 Å². The van der Waals surface area contributed by atoms with Crippen LogP contribution in [-0.4, -0.2) is 19.6 Å². The Morgan fingerprint density at radius 1 is 1.17 bits per heavy atom. The summed E-state index contributed by atoms with van der Waals surface area (Å²) in [7, 11) is 1.35. The van der Waals surface area contributed by atoms with Crippen LogP contribution in [0.4, 0.5) is 5.69 Å². The van der Waals surface area contributed by atoms with Gasteiger partial charge in [0.1, 0.15) is 0 Å². The van der Waals surface area contributed by atoms with Gasteiger partial charge in [-0.05, 0) is 36.6 Å². The van der Waals surface area contributed by atoms with Gasteiger partial charge in [-0.2, -0.15) is 0 Å². The quantitative estimate of drug-likeness (QED) is 0.811. The van der Waals surface area contributed by atoms with Crippen molar-refractivity contribution in [2.75, 3.05) is 18.6 Å². The molecular formula is C19H19NO3. The second kappa shape index (κ2) is 6.57. The molecule has 0 amide bonds. The molecule has 1 aliphatic rings. The van der Waals surface area contributed by atoms with Gasteiger partial charge in [0.25, 0.3) is 0 Å². The smallest absolute Gasteiger partial charge is 0.375 e. The second-order valence-corrected chi connectivity index (χ2v) is 5.49. The standard InChI is InChI=1S/C19H19NO3/c1-14-8-9-17-16(12-14)20(13-18(23-17)19(21)22-2)11-10-15-6-4-3-5-7-15/h3-9,12-13H,10-11H2,1-2H3. The van der Waals surface area contributed by atoms with Crippen LogP contribution in [-0.2, 0) is 16.0 Å². The first-order valence-electron chi connectivity index (χ1n) is 7.56. The zero-order valence-electron chi connectivity index (χ0n) is 13.3. The largest absolute Gasteiger partial charge is 0.463 e. The Morgan fingerprint density at radius 2 is 1.96 bits per heavy atom. The summed E-state index contributed by atoms with van der Waals surface area (Å²) in [6.45, 7) is 2.79. The fraction of sp³-hybridized carbons (Fsp3) is 0.211. The van der Waals surface area contributed by atoms with Crippen LogP contribution < -0.4 is 9.64 Å². The van der Waals surface area contributed by atoms with Gasteiger partial charge in [0.15, 0.2) is 5.75 Å². The molecule has 0 unspecified atom stereocenters. The molecule has 0 bridgehead atoms. The third kappa shape index (κ3) is 3.37. The maximum Gasteiger partial charge on any atom is 0.375 e. The van der Waals surface area contributed by atoms with E-state index < -0.39 is 5.97 Å². The van der Waals surface area contributed by atoms with Crippen LogP contribution in [0, 0.1) is 6.92 Å². The minimum atomic E-state index is -0.471. The zero-order valence-corrected chi connectivity index (χ0v) is 13.3. The molecule has 118 valence electrons. The molecule has 2 aromatic rings. The van der Waals surface area contributed by atoms with E-state index in [0.29, 0.717) is 5.75 Å². The maximum absolute atomic E-state index is 11.8. The zero-order chi connectivity index (χ0) is 16.2. The maximum atomic E-state index is 11.8. The van der Waals surface area contributed by atoms with E-state index in [9.17, 15) is 4.79 Å². The summed E-state index contributed by atoms with van der Waals surface area (Å²) in [4.78, 5) is 13.9. The van der Waals surface area contributed by atoms with Gasteiger partial charge in [0.05, 0.1) is 19.0 Å². The van der Waals surface area contributed by atoms with Gasteiger partial charge in [-0.25, -0.2) is 4.79 Å². The number of carbonyl (C=O) groups is 1. The summed E-state index contributed by atoms with van der Waals surface area (Å²) in [5.74, 6) is 0.407. The molecule has 1 aliphatic heterocycles. The van der Waals surface area contributed by atoms with Crippen LogP contribution in [0.15, 0.2) is 60.5 Å². The van der Waals surface area contributed by atoms with Crippen molar-refractivity contribution >= 4 is 11.7 Å². The van der Waals surface area contributed by atoms with Gasteiger partial charge in [-0.15, -0.1) is 0 Å². The van der Waals surface area contributed by atoms with Gasteiger partial charge in [-0.3, -0.25) is 0 Å². The van der Waals surface area contributed by atoms with Crippen molar-refractivity contribution < 1.29 is 14.3 Å². The predicted molar refractivity (Wildman–Crippen MR) is 89.4 cm³/mol. The topological polar surface area (TPSA) is 38.8 Å². The molecule has 23 heavy (non-hydrogen) atoms. The van der Waals surface area contributed by atoms with E-state index >= 15 is 0 Å². The number of anilines is 1. The van der Waals surface area contributed by atoms with E-state index in [1.165, 1.54) is 12.7 Å². The fourth-order valence-corrected chi connectivity index (χ4v) is 2.57. The lowest BCUT2D eigenvalue weighted by molar-refractivity contribution is -0.138. The summed E-state index contributed by atoms with van der Waals surface area (Å²) in [6, 6.07) is 16.2. The first-order valence-corrected chi connectivity index (χ1v) is 7.56. The van der Waals surface area contributed by atoms with Crippen molar-refractivity contribution in [1.29, 1.82) is 0 Å². The fourth-order valence-electron chi connectivity index (χ4n) is 2.57. The molecule has 4 nitrogen and oxygen atoms in total. The molecule has 2 aromatic carbocycles. The molecule has 0 spiro atoms. The highest BCUT2D eigenvalue weighted by Gasteiger charge is 2.24. The van der Waals surface area contributed by atoms with Gasteiger partial charge in [0, 0.05) is 6.54 Å². The summed E-state index contributed by atoms with van der Waals surface area (Å²) in [6.07, 6.45) is 2.59. The number of carbonyl (C=O) groups excluding carboxylic acids is 1.